The normalized spacial score (nSPS) is 16.9. The summed E-state index contributed by atoms with van der Waals surface area (Å²) < 4.78 is 25.0. The van der Waals surface area contributed by atoms with Gasteiger partial charge in [0.05, 0.1) is 23.4 Å². The number of carboxylic acids is 1. The SMILES string of the molecule is COC[C@@H]1CCCN1c1cc(OC(C)(C)C(=O)O)nc(-c2ccc(Cl)c(F)c2)c1. The Morgan fingerprint density at radius 2 is 2.14 bits per heavy atom. The molecule has 0 bridgehead atoms. The van der Waals surface area contributed by atoms with Crippen LogP contribution in [0.15, 0.2) is 30.3 Å². The molecular formula is C21H24ClFN2O4. The molecule has 1 N–H and O–H groups in total. The number of aliphatic carboxylic acids is 1. The number of methoxy groups -OCH3 is 1. The van der Waals surface area contributed by atoms with E-state index in [-0.39, 0.29) is 16.9 Å². The highest BCUT2D eigenvalue weighted by Crippen LogP contribution is 2.34. The Morgan fingerprint density at radius 3 is 2.79 bits per heavy atom. The summed E-state index contributed by atoms with van der Waals surface area (Å²) in [6.07, 6.45) is 2.00. The third-order valence-corrected chi connectivity index (χ3v) is 5.25. The number of halogens is 2. The van der Waals surface area contributed by atoms with Crippen LogP contribution in [0, 0.1) is 5.82 Å². The van der Waals surface area contributed by atoms with Crippen molar-refractivity contribution in [1.29, 1.82) is 0 Å². The summed E-state index contributed by atoms with van der Waals surface area (Å²) >= 11 is 5.80. The monoisotopic (exact) mass is 422 g/mol. The number of ether oxygens (including phenoxy) is 2. The van der Waals surface area contributed by atoms with Crippen molar-refractivity contribution in [2.24, 2.45) is 0 Å². The van der Waals surface area contributed by atoms with Crippen molar-refractivity contribution in [3.63, 3.8) is 0 Å². The van der Waals surface area contributed by atoms with Crippen molar-refractivity contribution in [1.82, 2.24) is 4.98 Å². The zero-order valence-electron chi connectivity index (χ0n) is 16.6. The molecular weight excluding hydrogens is 399 g/mol. The minimum absolute atomic E-state index is 0.0214. The Balaban J connectivity index is 2.06. The highest BCUT2D eigenvalue weighted by Gasteiger charge is 2.31. The predicted molar refractivity (Wildman–Crippen MR) is 109 cm³/mol. The number of carbonyl (C=O) groups is 1. The molecule has 1 saturated heterocycles. The summed E-state index contributed by atoms with van der Waals surface area (Å²) in [5, 5.41) is 9.43. The zero-order valence-corrected chi connectivity index (χ0v) is 17.4. The van der Waals surface area contributed by atoms with E-state index in [1.807, 2.05) is 6.07 Å². The van der Waals surface area contributed by atoms with Crippen LogP contribution < -0.4 is 9.64 Å². The molecule has 1 aliphatic heterocycles. The number of pyridine rings is 1. The van der Waals surface area contributed by atoms with Gasteiger partial charge in [-0.3, -0.25) is 0 Å². The fraction of sp³-hybridized carbons (Fsp3) is 0.429. The first-order valence-electron chi connectivity index (χ1n) is 9.37. The standard InChI is InChI=1S/C21H24ClFN2O4/c1-21(2,20(26)27)29-19-11-15(25-8-4-5-14(25)12-28-3)10-18(24-19)13-6-7-16(22)17(23)9-13/h6-7,9-11,14H,4-5,8,12H2,1-3H3,(H,26,27)/t14-/m0/s1. The molecule has 1 fully saturated rings. The Morgan fingerprint density at radius 1 is 1.38 bits per heavy atom. The average Bonchev–Trinajstić information content (AvgIpc) is 3.12. The van der Waals surface area contributed by atoms with Gasteiger partial charge < -0.3 is 19.5 Å². The van der Waals surface area contributed by atoms with Crippen LogP contribution in [0.1, 0.15) is 26.7 Å². The molecule has 2 heterocycles. The minimum Gasteiger partial charge on any atom is -0.478 e. The van der Waals surface area contributed by atoms with Gasteiger partial charge in [0.2, 0.25) is 11.5 Å². The van der Waals surface area contributed by atoms with Crippen LogP contribution >= 0.6 is 11.6 Å². The first kappa shape index (κ1) is 21.3. The van der Waals surface area contributed by atoms with Gasteiger partial charge >= 0.3 is 5.97 Å². The fourth-order valence-corrected chi connectivity index (χ4v) is 3.48. The van der Waals surface area contributed by atoms with Gasteiger partial charge in [-0.25, -0.2) is 14.2 Å². The van der Waals surface area contributed by atoms with Crippen LogP contribution in [0.25, 0.3) is 11.3 Å². The molecule has 0 saturated carbocycles. The van der Waals surface area contributed by atoms with E-state index in [1.54, 1.807) is 19.2 Å². The molecule has 1 aliphatic rings. The summed E-state index contributed by atoms with van der Waals surface area (Å²) in [5.41, 5.74) is 0.345. The first-order chi connectivity index (χ1) is 13.7. The maximum absolute atomic E-state index is 14.0. The second kappa shape index (κ2) is 8.55. The average molecular weight is 423 g/mol. The van der Waals surface area contributed by atoms with Crippen LogP contribution in [0.3, 0.4) is 0 Å². The quantitative estimate of drug-likeness (QED) is 0.713. The Kier molecular flexibility index (Phi) is 6.29. The summed E-state index contributed by atoms with van der Waals surface area (Å²) in [6.45, 7) is 4.31. The first-order valence-corrected chi connectivity index (χ1v) is 9.74. The van der Waals surface area contributed by atoms with Gasteiger partial charge in [-0.1, -0.05) is 17.7 Å². The zero-order chi connectivity index (χ0) is 21.2. The molecule has 2 aromatic rings. The van der Waals surface area contributed by atoms with Crippen molar-refractivity contribution in [2.45, 2.75) is 38.3 Å². The molecule has 156 valence electrons. The molecule has 0 radical (unpaired) electrons. The third kappa shape index (κ3) is 4.79. The largest absolute Gasteiger partial charge is 0.478 e. The number of carboxylic acid groups (broad SMARTS) is 1. The molecule has 6 nitrogen and oxygen atoms in total. The predicted octanol–water partition coefficient (Wildman–Crippen LogP) is 4.40. The summed E-state index contributed by atoms with van der Waals surface area (Å²) in [4.78, 5) is 18.1. The lowest BCUT2D eigenvalue weighted by molar-refractivity contribution is -0.152. The molecule has 0 unspecified atom stereocenters. The van der Waals surface area contributed by atoms with Crippen LogP contribution in [-0.4, -0.2) is 48.0 Å². The molecule has 1 aromatic carbocycles. The molecule has 1 aromatic heterocycles. The van der Waals surface area contributed by atoms with Crippen molar-refractivity contribution >= 4 is 23.3 Å². The van der Waals surface area contributed by atoms with E-state index in [0.717, 1.165) is 25.1 Å². The topological polar surface area (TPSA) is 71.9 Å². The highest BCUT2D eigenvalue weighted by atomic mass is 35.5. The fourth-order valence-electron chi connectivity index (χ4n) is 3.36. The van der Waals surface area contributed by atoms with Gasteiger partial charge in [0.1, 0.15) is 5.82 Å². The second-order valence-electron chi connectivity index (χ2n) is 7.54. The van der Waals surface area contributed by atoms with Crippen molar-refractivity contribution in [3.8, 4) is 17.1 Å². The number of nitrogens with zero attached hydrogens (tertiary/aromatic N) is 2. The molecule has 0 aliphatic carbocycles. The van der Waals surface area contributed by atoms with Crippen LogP contribution in [0.4, 0.5) is 10.1 Å². The van der Waals surface area contributed by atoms with E-state index in [2.05, 4.69) is 9.88 Å². The number of aromatic nitrogens is 1. The van der Waals surface area contributed by atoms with Gasteiger partial charge in [-0.15, -0.1) is 0 Å². The lowest BCUT2D eigenvalue weighted by Crippen LogP contribution is -2.38. The Hall–Kier alpha value is -2.38. The van der Waals surface area contributed by atoms with E-state index in [0.29, 0.717) is 17.9 Å². The molecule has 8 heteroatoms. The van der Waals surface area contributed by atoms with Crippen LogP contribution in [-0.2, 0) is 9.53 Å². The second-order valence-corrected chi connectivity index (χ2v) is 7.95. The minimum atomic E-state index is -1.47. The van der Waals surface area contributed by atoms with Gasteiger partial charge in [0.15, 0.2) is 0 Å². The van der Waals surface area contributed by atoms with Gasteiger partial charge in [-0.05, 0) is 44.9 Å². The maximum atomic E-state index is 14.0. The number of rotatable bonds is 7. The van der Waals surface area contributed by atoms with Crippen LogP contribution in [0.5, 0.6) is 5.88 Å². The van der Waals surface area contributed by atoms with Gasteiger partial charge in [-0.2, -0.15) is 0 Å². The Bertz CT molecular complexity index is 906. The number of hydrogen-bond donors (Lipinski definition) is 1. The summed E-state index contributed by atoms with van der Waals surface area (Å²) in [7, 11) is 1.66. The molecule has 0 amide bonds. The van der Waals surface area contributed by atoms with Crippen molar-refractivity contribution < 1.29 is 23.8 Å². The molecule has 3 rings (SSSR count). The van der Waals surface area contributed by atoms with E-state index < -0.39 is 17.4 Å². The lowest BCUT2D eigenvalue weighted by atomic mass is 10.1. The van der Waals surface area contributed by atoms with E-state index in [1.165, 1.54) is 26.0 Å². The lowest BCUT2D eigenvalue weighted by Gasteiger charge is -2.28. The number of benzene rings is 1. The van der Waals surface area contributed by atoms with E-state index in [9.17, 15) is 14.3 Å². The van der Waals surface area contributed by atoms with Crippen molar-refractivity contribution in [2.75, 3.05) is 25.2 Å². The molecule has 0 spiro atoms. The van der Waals surface area contributed by atoms with Gasteiger partial charge in [0.25, 0.3) is 0 Å². The highest BCUT2D eigenvalue weighted by molar-refractivity contribution is 6.30. The number of hydrogen-bond acceptors (Lipinski definition) is 5. The van der Waals surface area contributed by atoms with Gasteiger partial charge in [0, 0.05) is 31.0 Å². The van der Waals surface area contributed by atoms with E-state index >= 15 is 0 Å². The molecule has 1 atom stereocenters. The van der Waals surface area contributed by atoms with Crippen LogP contribution in [0.2, 0.25) is 5.02 Å². The summed E-state index contributed by atoms with van der Waals surface area (Å²) in [6, 6.07) is 8.19. The summed E-state index contributed by atoms with van der Waals surface area (Å²) in [5.74, 6) is -1.51. The Labute approximate surface area is 174 Å². The van der Waals surface area contributed by atoms with Crippen molar-refractivity contribution in [3.05, 3.63) is 41.2 Å². The number of anilines is 1. The molecule has 29 heavy (non-hydrogen) atoms. The van der Waals surface area contributed by atoms with E-state index in [4.69, 9.17) is 21.1 Å². The maximum Gasteiger partial charge on any atom is 0.347 e. The smallest absolute Gasteiger partial charge is 0.347 e. The third-order valence-electron chi connectivity index (χ3n) is 4.94.